The third kappa shape index (κ3) is 6.05. The summed E-state index contributed by atoms with van der Waals surface area (Å²) in [5.74, 6) is 1.04. The molecule has 6 nitrogen and oxygen atoms in total. The molecule has 5 aromatic rings. The lowest BCUT2D eigenvalue weighted by Crippen LogP contribution is -2.13. The Labute approximate surface area is 215 Å². The molecule has 0 unspecified atom stereocenters. The van der Waals surface area contributed by atoms with Gasteiger partial charge in [0, 0.05) is 17.3 Å². The lowest BCUT2D eigenvalue weighted by atomic mass is 10.1. The molecule has 0 aliphatic rings. The van der Waals surface area contributed by atoms with E-state index in [-0.39, 0.29) is 5.91 Å². The highest BCUT2D eigenvalue weighted by molar-refractivity contribution is 6.03. The number of carbonyl (C=O) groups is 1. The number of para-hydroxylation sites is 1. The van der Waals surface area contributed by atoms with Crippen molar-refractivity contribution in [2.45, 2.75) is 20.1 Å². The Morgan fingerprint density at radius 3 is 2.14 bits per heavy atom. The van der Waals surface area contributed by atoms with Crippen molar-refractivity contribution in [2.24, 2.45) is 0 Å². The number of carbonyl (C=O) groups excluding carboxylic acids is 1. The molecule has 1 heterocycles. The topological polar surface area (TPSA) is 76.2 Å². The number of aryl methyl sites for hydroxylation is 1. The van der Waals surface area contributed by atoms with Crippen LogP contribution in [0.2, 0.25) is 0 Å². The number of hydrogen-bond acceptors (Lipinski definition) is 4. The van der Waals surface area contributed by atoms with Crippen molar-refractivity contribution >= 4 is 11.6 Å². The van der Waals surface area contributed by atoms with Gasteiger partial charge in [0.1, 0.15) is 30.4 Å². The molecule has 184 valence electrons. The Bertz CT molecular complexity index is 1480. The van der Waals surface area contributed by atoms with Crippen LogP contribution >= 0.6 is 0 Å². The van der Waals surface area contributed by atoms with Crippen LogP contribution in [0, 0.1) is 6.92 Å². The fraction of sp³-hybridized carbons (Fsp3) is 0.0968. The summed E-state index contributed by atoms with van der Waals surface area (Å²) >= 11 is 0. The molecular formula is C31H27N3O3. The van der Waals surface area contributed by atoms with Crippen LogP contribution in [0.3, 0.4) is 0 Å². The first-order valence-corrected chi connectivity index (χ1v) is 12.1. The van der Waals surface area contributed by atoms with E-state index in [1.54, 1.807) is 6.07 Å². The number of nitrogens with one attached hydrogen (secondary N) is 2. The SMILES string of the molecule is Cc1ccccc1NC(=O)c1cc(-c2ccc(OCc3ccccc3)cc2OCc2ccccc2)n[nH]1. The van der Waals surface area contributed by atoms with E-state index in [0.29, 0.717) is 36.1 Å². The zero-order valence-corrected chi connectivity index (χ0v) is 20.5. The predicted molar refractivity (Wildman–Crippen MR) is 145 cm³/mol. The minimum Gasteiger partial charge on any atom is -0.489 e. The molecule has 4 aromatic carbocycles. The number of rotatable bonds is 9. The molecule has 0 fully saturated rings. The van der Waals surface area contributed by atoms with E-state index in [1.807, 2.05) is 110 Å². The molecule has 6 heteroatoms. The first-order chi connectivity index (χ1) is 18.2. The maximum Gasteiger partial charge on any atom is 0.273 e. The Hall–Kier alpha value is -4.84. The second kappa shape index (κ2) is 11.3. The molecule has 0 saturated carbocycles. The van der Waals surface area contributed by atoms with Gasteiger partial charge in [-0.15, -0.1) is 0 Å². The molecule has 0 spiro atoms. The van der Waals surface area contributed by atoms with Gasteiger partial charge in [0.15, 0.2) is 0 Å². The van der Waals surface area contributed by atoms with E-state index < -0.39 is 0 Å². The standard InChI is InChI=1S/C31H27N3O3/c1-22-10-8-9-15-27(22)32-31(35)29-19-28(33-34-29)26-17-16-25(36-20-23-11-4-2-5-12-23)18-30(26)37-21-24-13-6-3-7-14-24/h2-19H,20-21H2,1H3,(H,32,35)(H,33,34). The maximum atomic E-state index is 12.8. The number of aromatic nitrogens is 2. The molecule has 0 aliphatic heterocycles. The van der Waals surface area contributed by atoms with Gasteiger partial charge in [0.05, 0.1) is 5.69 Å². The van der Waals surface area contributed by atoms with Gasteiger partial charge in [-0.05, 0) is 47.9 Å². The summed E-state index contributed by atoms with van der Waals surface area (Å²) in [5.41, 5.74) is 5.59. The van der Waals surface area contributed by atoms with E-state index in [0.717, 1.165) is 27.9 Å². The zero-order valence-electron chi connectivity index (χ0n) is 20.5. The van der Waals surface area contributed by atoms with Crippen molar-refractivity contribution in [3.8, 4) is 22.8 Å². The van der Waals surface area contributed by atoms with E-state index in [1.165, 1.54) is 0 Å². The number of aromatic amines is 1. The van der Waals surface area contributed by atoms with E-state index in [4.69, 9.17) is 9.47 Å². The van der Waals surface area contributed by atoms with Gasteiger partial charge in [-0.1, -0.05) is 78.9 Å². The van der Waals surface area contributed by atoms with Gasteiger partial charge in [0.2, 0.25) is 0 Å². The summed E-state index contributed by atoms with van der Waals surface area (Å²) in [5, 5.41) is 10.2. The lowest BCUT2D eigenvalue weighted by molar-refractivity contribution is 0.102. The summed E-state index contributed by atoms with van der Waals surface area (Å²) in [7, 11) is 0. The molecule has 37 heavy (non-hydrogen) atoms. The lowest BCUT2D eigenvalue weighted by Gasteiger charge is -2.13. The molecule has 1 aromatic heterocycles. The van der Waals surface area contributed by atoms with Crippen LogP contribution in [0.5, 0.6) is 11.5 Å². The monoisotopic (exact) mass is 489 g/mol. The summed E-state index contributed by atoms with van der Waals surface area (Å²) in [4.78, 5) is 12.8. The molecule has 0 bridgehead atoms. The largest absolute Gasteiger partial charge is 0.489 e. The number of nitrogens with zero attached hydrogens (tertiary/aromatic N) is 1. The predicted octanol–water partition coefficient (Wildman–Crippen LogP) is 6.80. The maximum absolute atomic E-state index is 12.8. The van der Waals surface area contributed by atoms with E-state index in [9.17, 15) is 4.79 Å². The van der Waals surface area contributed by atoms with Crippen molar-refractivity contribution in [3.05, 3.63) is 132 Å². The second-order valence-electron chi connectivity index (χ2n) is 8.64. The van der Waals surface area contributed by atoms with Crippen molar-refractivity contribution in [3.63, 3.8) is 0 Å². The van der Waals surface area contributed by atoms with Gasteiger partial charge in [-0.25, -0.2) is 0 Å². The fourth-order valence-electron chi connectivity index (χ4n) is 3.88. The third-order valence-corrected chi connectivity index (χ3v) is 5.93. The first kappa shape index (κ1) is 23.9. The van der Waals surface area contributed by atoms with E-state index in [2.05, 4.69) is 15.5 Å². The highest BCUT2D eigenvalue weighted by Crippen LogP contribution is 2.34. The summed E-state index contributed by atoms with van der Waals surface area (Å²) in [6, 6.07) is 35.0. The normalized spacial score (nSPS) is 10.6. The summed E-state index contributed by atoms with van der Waals surface area (Å²) in [6.45, 7) is 2.79. The minimum atomic E-state index is -0.261. The Kier molecular flexibility index (Phi) is 7.27. The molecule has 0 aliphatic carbocycles. The molecule has 0 radical (unpaired) electrons. The number of hydrogen-bond donors (Lipinski definition) is 2. The van der Waals surface area contributed by atoms with Crippen molar-refractivity contribution in [1.29, 1.82) is 0 Å². The number of benzene rings is 4. The molecule has 0 atom stereocenters. The van der Waals surface area contributed by atoms with Crippen LogP contribution in [0.4, 0.5) is 5.69 Å². The summed E-state index contributed by atoms with van der Waals surface area (Å²) < 4.78 is 12.2. The molecule has 0 saturated heterocycles. The van der Waals surface area contributed by atoms with Crippen LogP contribution in [-0.4, -0.2) is 16.1 Å². The quantitative estimate of drug-likeness (QED) is 0.239. The number of anilines is 1. The van der Waals surface area contributed by atoms with Crippen LogP contribution in [0.25, 0.3) is 11.3 Å². The summed E-state index contributed by atoms with van der Waals surface area (Å²) in [6.07, 6.45) is 0. The van der Waals surface area contributed by atoms with Crippen LogP contribution in [0.15, 0.2) is 109 Å². The Balaban J connectivity index is 1.38. The van der Waals surface area contributed by atoms with Crippen LogP contribution < -0.4 is 14.8 Å². The van der Waals surface area contributed by atoms with Crippen molar-refractivity contribution < 1.29 is 14.3 Å². The molecule has 2 N–H and O–H groups in total. The van der Waals surface area contributed by atoms with Gasteiger partial charge in [0.25, 0.3) is 5.91 Å². The van der Waals surface area contributed by atoms with Gasteiger partial charge < -0.3 is 14.8 Å². The molecule has 5 rings (SSSR count). The van der Waals surface area contributed by atoms with Crippen LogP contribution in [-0.2, 0) is 13.2 Å². The van der Waals surface area contributed by atoms with Crippen molar-refractivity contribution in [1.82, 2.24) is 10.2 Å². The van der Waals surface area contributed by atoms with E-state index >= 15 is 0 Å². The van der Waals surface area contributed by atoms with Gasteiger partial charge in [-0.2, -0.15) is 5.10 Å². The number of H-pyrrole nitrogens is 1. The highest BCUT2D eigenvalue weighted by atomic mass is 16.5. The van der Waals surface area contributed by atoms with Crippen LogP contribution in [0.1, 0.15) is 27.2 Å². The smallest absolute Gasteiger partial charge is 0.273 e. The second-order valence-corrected chi connectivity index (χ2v) is 8.64. The third-order valence-electron chi connectivity index (χ3n) is 5.93. The average molecular weight is 490 g/mol. The van der Waals surface area contributed by atoms with Crippen molar-refractivity contribution in [2.75, 3.05) is 5.32 Å². The zero-order chi connectivity index (χ0) is 25.5. The van der Waals surface area contributed by atoms with Gasteiger partial charge >= 0.3 is 0 Å². The highest BCUT2D eigenvalue weighted by Gasteiger charge is 2.16. The first-order valence-electron chi connectivity index (χ1n) is 12.1. The average Bonchev–Trinajstić information content (AvgIpc) is 3.44. The Morgan fingerprint density at radius 1 is 0.784 bits per heavy atom. The number of ether oxygens (including phenoxy) is 2. The fourth-order valence-corrected chi connectivity index (χ4v) is 3.88. The van der Waals surface area contributed by atoms with Gasteiger partial charge in [-0.3, -0.25) is 9.89 Å². The minimum absolute atomic E-state index is 0.261. The Morgan fingerprint density at radius 2 is 1.43 bits per heavy atom. The molecule has 1 amide bonds. The number of amides is 1. The molecular weight excluding hydrogens is 462 g/mol.